The summed E-state index contributed by atoms with van der Waals surface area (Å²) in [4.78, 5) is 14.3. The minimum absolute atomic E-state index is 0.0250. The Hall–Kier alpha value is -1.22. The number of likely N-dealkylation sites (tertiary alicyclic amines) is 1. The normalized spacial score (nSPS) is 18.7. The van der Waals surface area contributed by atoms with Gasteiger partial charge in [0.2, 0.25) is 0 Å². The molecule has 0 radical (unpaired) electrons. The standard InChI is InChI=1S/C14H19ClN2O/c1-14(2)4-3-5-17(9-14)13(18)10-6-11(15)8-12(16)7-10/h6-8H,3-5,9,16H2,1-2H3. The van der Waals surface area contributed by atoms with Crippen molar-refractivity contribution in [3.63, 3.8) is 0 Å². The van der Waals surface area contributed by atoms with Crippen LogP contribution in [0.4, 0.5) is 5.69 Å². The minimum Gasteiger partial charge on any atom is -0.399 e. The Bertz CT molecular complexity index is 451. The van der Waals surface area contributed by atoms with E-state index in [1.165, 1.54) is 0 Å². The summed E-state index contributed by atoms with van der Waals surface area (Å²) in [7, 11) is 0. The Morgan fingerprint density at radius 2 is 2.11 bits per heavy atom. The Morgan fingerprint density at radius 3 is 2.72 bits per heavy atom. The van der Waals surface area contributed by atoms with Crippen molar-refractivity contribution in [2.45, 2.75) is 26.7 Å². The van der Waals surface area contributed by atoms with Gasteiger partial charge in [-0.25, -0.2) is 0 Å². The zero-order valence-electron chi connectivity index (χ0n) is 10.9. The molecule has 98 valence electrons. The lowest BCUT2D eigenvalue weighted by atomic mass is 9.84. The van der Waals surface area contributed by atoms with Crippen LogP contribution in [0.5, 0.6) is 0 Å². The fourth-order valence-electron chi connectivity index (χ4n) is 2.51. The minimum atomic E-state index is 0.0250. The molecule has 0 spiro atoms. The van der Waals surface area contributed by atoms with Gasteiger partial charge in [0.1, 0.15) is 0 Å². The summed E-state index contributed by atoms with van der Waals surface area (Å²) in [5.74, 6) is 0.0250. The largest absolute Gasteiger partial charge is 0.399 e. The van der Waals surface area contributed by atoms with Gasteiger partial charge in [0.15, 0.2) is 0 Å². The fraction of sp³-hybridized carbons (Fsp3) is 0.500. The molecule has 1 fully saturated rings. The predicted molar refractivity (Wildman–Crippen MR) is 74.8 cm³/mol. The number of hydrogen-bond acceptors (Lipinski definition) is 2. The fourth-order valence-corrected chi connectivity index (χ4v) is 2.76. The second-order valence-electron chi connectivity index (χ2n) is 5.77. The van der Waals surface area contributed by atoms with Crippen molar-refractivity contribution >= 4 is 23.2 Å². The summed E-state index contributed by atoms with van der Waals surface area (Å²) in [5.41, 5.74) is 7.03. The molecular weight excluding hydrogens is 248 g/mol. The molecule has 1 aromatic rings. The summed E-state index contributed by atoms with van der Waals surface area (Å²) < 4.78 is 0. The summed E-state index contributed by atoms with van der Waals surface area (Å²) in [6.07, 6.45) is 2.21. The Labute approximate surface area is 113 Å². The number of hydrogen-bond donors (Lipinski definition) is 1. The van der Waals surface area contributed by atoms with Gasteiger partial charge in [-0.15, -0.1) is 0 Å². The lowest BCUT2D eigenvalue weighted by molar-refractivity contribution is 0.0583. The molecule has 18 heavy (non-hydrogen) atoms. The highest BCUT2D eigenvalue weighted by molar-refractivity contribution is 6.31. The number of rotatable bonds is 1. The molecule has 3 nitrogen and oxygen atoms in total. The second kappa shape index (κ2) is 4.81. The van der Waals surface area contributed by atoms with Crippen molar-refractivity contribution in [2.75, 3.05) is 18.8 Å². The third-order valence-electron chi connectivity index (χ3n) is 3.35. The first kappa shape index (κ1) is 13.2. The van der Waals surface area contributed by atoms with Crippen LogP contribution in [-0.2, 0) is 0 Å². The topological polar surface area (TPSA) is 46.3 Å². The second-order valence-corrected chi connectivity index (χ2v) is 6.20. The first-order valence-electron chi connectivity index (χ1n) is 6.23. The molecule has 0 aliphatic carbocycles. The van der Waals surface area contributed by atoms with Crippen molar-refractivity contribution in [1.82, 2.24) is 4.90 Å². The van der Waals surface area contributed by atoms with Crippen molar-refractivity contribution in [1.29, 1.82) is 0 Å². The molecule has 0 saturated carbocycles. The van der Waals surface area contributed by atoms with Gasteiger partial charge in [0.05, 0.1) is 0 Å². The van der Waals surface area contributed by atoms with E-state index in [1.807, 2.05) is 4.90 Å². The average Bonchev–Trinajstić information content (AvgIpc) is 2.25. The van der Waals surface area contributed by atoms with Crippen LogP contribution in [0, 0.1) is 5.41 Å². The lowest BCUT2D eigenvalue weighted by Crippen LogP contribution is -2.43. The molecule has 0 atom stereocenters. The molecule has 1 amide bonds. The van der Waals surface area contributed by atoms with Gasteiger partial charge in [0.25, 0.3) is 5.91 Å². The van der Waals surface area contributed by atoms with E-state index in [0.29, 0.717) is 16.3 Å². The van der Waals surface area contributed by atoms with Gasteiger partial charge in [-0.1, -0.05) is 25.4 Å². The highest BCUT2D eigenvalue weighted by Gasteiger charge is 2.29. The number of nitrogens with zero attached hydrogens (tertiary/aromatic N) is 1. The number of nitrogen functional groups attached to an aromatic ring is 1. The summed E-state index contributed by atoms with van der Waals surface area (Å²) in [6.45, 7) is 5.99. The SMILES string of the molecule is CC1(C)CCCN(C(=O)c2cc(N)cc(Cl)c2)C1. The quantitative estimate of drug-likeness (QED) is 0.794. The van der Waals surface area contributed by atoms with Crippen molar-refractivity contribution in [3.8, 4) is 0 Å². The monoisotopic (exact) mass is 266 g/mol. The molecule has 0 unspecified atom stereocenters. The molecule has 1 aliphatic rings. The number of amides is 1. The molecule has 2 rings (SSSR count). The highest BCUT2D eigenvalue weighted by Crippen LogP contribution is 2.29. The highest BCUT2D eigenvalue weighted by atomic mass is 35.5. The van der Waals surface area contributed by atoms with Crippen LogP contribution in [0.25, 0.3) is 0 Å². The first-order chi connectivity index (χ1) is 8.37. The van der Waals surface area contributed by atoms with Crippen LogP contribution in [0.15, 0.2) is 18.2 Å². The van der Waals surface area contributed by atoms with Gasteiger partial charge < -0.3 is 10.6 Å². The molecule has 4 heteroatoms. The van der Waals surface area contributed by atoms with Crippen LogP contribution < -0.4 is 5.73 Å². The molecule has 1 heterocycles. The maximum Gasteiger partial charge on any atom is 0.253 e. The third-order valence-corrected chi connectivity index (χ3v) is 3.57. The van der Waals surface area contributed by atoms with Crippen LogP contribution in [0.1, 0.15) is 37.0 Å². The van der Waals surface area contributed by atoms with Crippen LogP contribution >= 0.6 is 11.6 Å². The number of halogens is 1. The molecule has 1 aromatic carbocycles. The van der Waals surface area contributed by atoms with E-state index >= 15 is 0 Å². The van der Waals surface area contributed by atoms with E-state index in [2.05, 4.69) is 13.8 Å². The Balaban J connectivity index is 2.20. The smallest absolute Gasteiger partial charge is 0.253 e. The molecule has 1 saturated heterocycles. The van der Waals surface area contributed by atoms with Crippen molar-refractivity contribution in [2.24, 2.45) is 5.41 Å². The van der Waals surface area contributed by atoms with E-state index in [4.69, 9.17) is 17.3 Å². The number of anilines is 1. The van der Waals surface area contributed by atoms with Gasteiger partial charge in [0, 0.05) is 29.4 Å². The number of benzene rings is 1. The Morgan fingerprint density at radius 1 is 1.39 bits per heavy atom. The van der Waals surface area contributed by atoms with E-state index in [9.17, 15) is 4.79 Å². The summed E-state index contributed by atoms with van der Waals surface area (Å²) >= 11 is 5.94. The van der Waals surface area contributed by atoms with Gasteiger partial charge >= 0.3 is 0 Å². The number of carbonyl (C=O) groups excluding carboxylic acids is 1. The number of carbonyl (C=O) groups is 1. The van der Waals surface area contributed by atoms with Gasteiger partial charge in [-0.05, 0) is 36.5 Å². The van der Waals surface area contributed by atoms with E-state index in [-0.39, 0.29) is 11.3 Å². The van der Waals surface area contributed by atoms with E-state index < -0.39 is 0 Å². The zero-order valence-corrected chi connectivity index (χ0v) is 11.6. The predicted octanol–water partition coefficient (Wildman–Crippen LogP) is 3.18. The first-order valence-corrected chi connectivity index (χ1v) is 6.60. The van der Waals surface area contributed by atoms with Crippen molar-refractivity contribution in [3.05, 3.63) is 28.8 Å². The molecule has 0 aromatic heterocycles. The summed E-state index contributed by atoms with van der Waals surface area (Å²) in [5, 5.41) is 0.509. The third kappa shape index (κ3) is 2.96. The Kier molecular flexibility index (Phi) is 3.53. The molecule has 2 N–H and O–H groups in total. The van der Waals surface area contributed by atoms with Crippen LogP contribution in [0.2, 0.25) is 5.02 Å². The maximum atomic E-state index is 12.4. The van der Waals surface area contributed by atoms with Crippen molar-refractivity contribution < 1.29 is 4.79 Å². The molecular formula is C14H19ClN2O. The zero-order chi connectivity index (χ0) is 13.3. The van der Waals surface area contributed by atoms with E-state index in [1.54, 1.807) is 18.2 Å². The van der Waals surface area contributed by atoms with Crippen LogP contribution in [0.3, 0.4) is 0 Å². The molecule has 1 aliphatic heterocycles. The average molecular weight is 267 g/mol. The van der Waals surface area contributed by atoms with Crippen LogP contribution in [-0.4, -0.2) is 23.9 Å². The maximum absolute atomic E-state index is 12.4. The van der Waals surface area contributed by atoms with E-state index in [0.717, 1.165) is 25.9 Å². The number of nitrogens with two attached hydrogens (primary N) is 1. The molecule has 0 bridgehead atoms. The van der Waals surface area contributed by atoms with Gasteiger partial charge in [-0.2, -0.15) is 0 Å². The lowest BCUT2D eigenvalue weighted by Gasteiger charge is -2.38. The summed E-state index contributed by atoms with van der Waals surface area (Å²) in [6, 6.07) is 5.02. The number of piperidine rings is 1. The van der Waals surface area contributed by atoms with Gasteiger partial charge in [-0.3, -0.25) is 4.79 Å².